The summed E-state index contributed by atoms with van der Waals surface area (Å²) in [6, 6.07) is 1.70. The number of nitrogens with one attached hydrogen (secondary N) is 1. The van der Waals surface area contributed by atoms with E-state index in [2.05, 4.69) is 4.98 Å². The monoisotopic (exact) mass is 195 g/mol. The van der Waals surface area contributed by atoms with E-state index in [4.69, 9.17) is 20.6 Å². The van der Waals surface area contributed by atoms with Gasteiger partial charge in [0.25, 0.3) is 0 Å². The molecular formula is C9H13N3O2. The van der Waals surface area contributed by atoms with Crippen LogP contribution in [0.1, 0.15) is 5.69 Å². The van der Waals surface area contributed by atoms with Crippen LogP contribution in [0.15, 0.2) is 12.3 Å². The number of nitrogens with zero attached hydrogens (tertiary/aromatic N) is 1. The van der Waals surface area contributed by atoms with Crippen LogP contribution < -0.4 is 15.2 Å². The van der Waals surface area contributed by atoms with Crippen molar-refractivity contribution >= 4 is 5.84 Å². The summed E-state index contributed by atoms with van der Waals surface area (Å²) in [5.41, 5.74) is 5.90. The molecule has 5 heteroatoms. The number of amidine groups is 1. The highest BCUT2D eigenvalue weighted by Gasteiger charge is 2.11. The van der Waals surface area contributed by atoms with Gasteiger partial charge in [-0.15, -0.1) is 0 Å². The fourth-order valence-corrected chi connectivity index (χ4v) is 1.16. The molecule has 0 saturated heterocycles. The first-order valence-electron chi connectivity index (χ1n) is 4.07. The van der Waals surface area contributed by atoms with E-state index in [9.17, 15) is 0 Å². The molecule has 0 saturated carbocycles. The third kappa shape index (κ3) is 2.12. The summed E-state index contributed by atoms with van der Waals surface area (Å²) in [7, 11) is 3.08. The molecule has 3 N–H and O–H groups in total. The minimum atomic E-state index is 0.0454. The summed E-state index contributed by atoms with van der Waals surface area (Å²) in [5, 5.41) is 7.17. The van der Waals surface area contributed by atoms with E-state index < -0.39 is 0 Å². The van der Waals surface area contributed by atoms with E-state index in [-0.39, 0.29) is 12.3 Å². The van der Waals surface area contributed by atoms with E-state index in [1.54, 1.807) is 19.4 Å². The van der Waals surface area contributed by atoms with E-state index in [0.717, 1.165) is 0 Å². The molecule has 0 aromatic carbocycles. The normalized spacial score (nSPS) is 9.57. The number of rotatable bonds is 4. The lowest BCUT2D eigenvalue weighted by molar-refractivity contribution is 0.350. The van der Waals surface area contributed by atoms with E-state index >= 15 is 0 Å². The quantitative estimate of drug-likeness (QED) is 0.544. The Morgan fingerprint density at radius 2 is 2.21 bits per heavy atom. The highest BCUT2D eigenvalue weighted by atomic mass is 16.5. The smallest absolute Gasteiger partial charge is 0.182 e. The Hall–Kier alpha value is -1.78. The van der Waals surface area contributed by atoms with Gasteiger partial charge in [-0.3, -0.25) is 10.4 Å². The minimum Gasteiger partial charge on any atom is -0.493 e. The summed E-state index contributed by atoms with van der Waals surface area (Å²) < 4.78 is 10.2. The van der Waals surface area contributed by atoms with Gasteiger partial charge in [-0.05, 0) is 0 Å². The van der Waals surface area contributed by atoms with Gasteiger partial charge in [0.05, 0.1) is 32.2 Å². The molecule has 0 unspecified atom stereocenters. The van der Waals surface area contributed by atoms with Crippen molar-refractivity contribution in [3.05, 3.63) is 18.0 Å². The third-order valence-electron chi connectivity index (χ3n) is 1.72. The molecule has 0 fully saturated rings. The summed E-state index contributed by atoms with van der Waals surface area (Å²) in [6.07, 6.45) is 1.86. The zero-order valence-corrected chi connectivity index (χ0v) is 8.20. The first kappa shape index (κ1) is 10.3. The van der Waals surface area contributed by atoms with Gasteiger partial charge in [-0.2, -0.15) is 0 Å². The lowest BCUT2D eigenvalue weighted by Crippen LogP contribution is -2.14. The Bertz CT molecular complexity index is 339. The molecule has 14 heavy (non-hydrogen) atoms. The van der Waals surface area contributed by atoms with Crippen LogP contribution >= 0.6 is 0 Å². The predicted octanol–water partition coefficient (Wildman–Crippen LogP) is 0.577. The van der Waals surface area contributed by atoms with E-state index in [1.165, 1.54) is 7.11 Å². The summed E-state index contributed by atoms with van der Waals surface area (Å²) in [6.45, 7) is 0. The Labute approximate surface area is 82.4 Å². The molecule has 1 heterocycles. The lowest BCUT2D eigenvalue weighted by atomic mass is 10.2. The number of aromatic nitrogens is 1. The molecule has 76 valence electrons. The molecule has 0 atom stereocenters. The maximum atomic E-state index is 7.17. The average molecular weight is 195 g/mol. The van der Waals surface area contributed by atoms with Crippen LogP contribution in [0, 0.1) is 5.41 Å². The van der Waals surface area contributed by atoms with Gasteiger partial charge >= 0.3 is 0 Å². The number of methoxy groups -OCH3 is 2. The summed E-state index contributed by atoms with van der Waals surface area (Å²) in [4.78, 5) is 4.07. The Morgan fingerprint density at radius 3 is 2.71 bits per heavy atom. The molecule has 1 aromatic heterocycles. The SMILES string of the molecule is COc1ccnc(CC(=N)N)c1OC. The Balaban J connectivity index is 3.08. The Morgan fingerprint density at radius 1 is 1.50 bits per heavy atom. The van der Waals surface area contributed by atoms with Crippen LogP contribution in [0.4, 0.5) is 0 Å². The third-order valence-corrected chi connectivity index (χ3v) is 1.72. The van der Waals surface area contributed by atoms with Crippen molar-refractivity contribution in [2.45, 2.75) is 6.42 Å². The molecule has 0 radical (unpaired) electrons. The maximum Gasteiger partial charge on any atom is 0.182 e. The van der Waals surface area contributed by atoms with Crippen LogP contribution in [-0.4, -0.2) is 25.0 Å². The molecule has 0 aliphatic heterocycles. The minimum absolute atomic E-state index is 0.0454. The molecule has 0 amide bonds. The van der Waals surface area contributed by atoms with Crippen LogP contribution in [0.3, 0.4) is 0 Å². The van der Waals surface area contributed by atoms with E-state index in [1.807, 2.05) is 0 Å². The molecule has 5 nitrogen and oxygen atoms in total. The highest BCUT2D eigenvalue weighted by molar-refractivity contribution is 5.79. The van der Waals surface area contributed by atoms with Gasteiger partial charge < -0.3 is 15.2 Å². The van der Waals surface area contributed by atoms with Gasteiger partial charge in [0, 0.05) is 12.3 Å². The predicted molar refractivity (Wildman–Crippen MR) is 53.0 cm³/mol. The highest BCUT2D eigenvalue weighted by Crippen LogP contribution is 2.28. The first-order valence-corrected chi connectivity index (χ1v) is 4.07. The number of hydrogen-bond acceptors (Lipinski definition) is 4. The fourth-order valence-electron chi connectivity index (χ4n) is 1.16. The largest absolute Gasteiger partial charge is 0.493 e. The number of ether oxygens (including phenoxy) is 2. The van der Waals surface area contributed by atoms with E-state index in [0.29, 0.717) is 17.2 Å². The van der Waals surface area contributed by atoms with Gasteiger partial charge in [0.15, 0.2) is 11.5 Å². The molecular weight excluding hydrogens is 182 g/mol. The average Bonchev–Trinajstić information content (AvgIpc) is 2.16. The lowest BCUT2D eigenvalue weighted by Gasteiger charge is -2.10. The van der Waals surface area contributed by atoms with Gasteiger partial charge in [0.1, 0.15) is 0 Å². The van der Waals surface area contributed by atoms with Gasteiger partial charge in [0.2, 0.25) is 0 Å². The zero-order valence-electron chi connectivity index (χ0n) is 8.20. The second-order valence-corrected chi connectivity index (χ2v) is 2.70. The van der Waals surface area contributed by atoms with Crippen LogP contribution in [0.2, 0.25) is 0 Å². The van der Waals surface area contributed by atoms with Crippen molar-refractivity contribution < 1.29 is 9.47 Å². The molecule has 1 rings (SSSR count). The van der Waals surface area contributed by atoms with Crippen molar-refractivity contribution in [1.29, 1.82) is 5.41 Å². The van der Waals surface area contributed by atoms with Crippen LogP contribution in [0.5, 0.6) is 11.5 Å². The number of nitrogens with two attached hydrogens (primary N) is 1. The fraction of sp³-hybridized carbons (Fsp3) is 0.333. The molecule has 0 aliphatic carbocycles. The van der Waals surface area contributed by atoms with Crippen molar-refractivity contribution in [2.75, 3.05) is 14.2 Å². The number of pyridine rings is 1. The topological polar surface area (TPSA) is 81.2 Å². The van der Waals surface area contributed by atoms with Crippen molar-refractivity contribution in [1.82, 2.24) is 4.98 Å². The van der Waals surface area contributed by atoms with Crippen LogP contribution in [-0.2, 0) is 6.42 Å². The van der Waals surface area contributed by atoms with Crippen molar-refractivity contribution in [3.8, 4) is 11.5 Å². The number of hydrogen-bond donors (Lipinski definition) is 2. The molecule has 1 aromatic rings. The first-order chi connectivity index (χ1) is 6.69. The second kappa shape index (κ2) is 4.45. The second-order valence-electron chi connectivity index (χ2n) is 2.70. The van der Waals surface area contributed by atoms with Crippen molar-refractivity contribution in [3.63, 3.8) is 0 Å². The molecule has 0 spiro atoms. The Kier molecular flexibility index (Phi) is 3.28. The zero-order chi connectivity index (χ0) is 10.6. The summed E-state index contributed by atoms with van der Waals surface area (Å²) >= 11 is 0. The molecule has 0 bridgehead atoms. The standard InChI is InChI=1S/C9H13N3O2/c1-13-7-3-4-12-6(5-8(10)11)9(7)14-2/h3-4H,5H2,1-2H3,(H3,10,11). The maximum absolute atomic E-state index is 7.17. The van der Waals surface area contributed by atoms with Crippen LogP contribution in [0.25, 0.3) is 0 Å². The summed E-state index contributed by atoms with van der Waals surface area (Å²) in [5.74, 6) is 1.17. The van der Waals surface area contributed by atoms with Gasteiger partial charge in [-0.1, -0.05) is 0 Å². The van der Waals surface area contributed by atoms with Crippen molar-refractivity contribution in [2.24, 2.45) is 5.73 Å². The molecule has 0 aliphatic rings. The van der Waals surface area contributed by atoms with Gasteiger partial charge in [-0.25, -0.2) is 0 Å².